The molecule has 1 aliphatic rings. The van der Waals surface area contributed by atoms with Crippen LogP contribution in [0.2, 0.25) is 0 Å². The minimum atomic E-state index is -0.688. The molecule has 3 rings (SSSR count). The molecule has 1 aromatic heterocycles. The van der Waals surface area contributed by atoms with Gasteiger partial charge in [-0.1, -0.05) is 6.07 Å². The van der Waals surface area contributed by atoms with Gasteiger partial charge in [0.1, 0.15) is 11.9 Å². The first-order valence-electron chi connectivity index (χ1n) is 7.05. The van der Waals surface area contributed by atoms with E-state index in [0.29, 0.717) is 17.5 Å². The second kappa shape index (κ2) is 5.25. The number of carbonyl (C=O) groups is 2. The van der Waals surface area contributed by atoms with Crippen LogP contribution in [-0.4, -0.2) is 26.6 Å². The lowest BCUT2D eigenvalue weighted by molar-refractivity contribution is -0.125. The number of fused-ring (bicyclic) bond motifs is 1. The number of anilines is 2. The van der Waals surface area contributed by atoms with Crippen molar-refractivity contribution in [2.24, 2.45) is 0 Å². The highest BCUT2D eigenvalue weighted by molar-refractivity contribution is 6.00. The molecule has 1 aromatic carbocycles. The largest absolute Gasteiger partial charge is 0.324 e. The third kappa shape index (κ3) is 2.57. The summed E-state index contributed by atoms with van der Waals surface area (Å²) >= 11 is 0. The highest BCUT2D eigenvalue weighted by Crippen LogP contribution is 2.24. The molecule has 1 atom stereocenters. The van der Waals surface area contributed by atoms with Gasteiger partial charge in [-0.2, -0.15) is 10.1 Å². The van der Waals surface area contributed by atoms with Gasteiger partial charge in [0.05, 0.1) is 6.42 Å². The Morgan fingerprint density at radius 1 is 1.32 bits per heavy atom. The molecule has 22 heavy (non-hydrogen) atoms. The van der Waals surface area contributed by atoms with Crippen molar-refractivity contribution >= 4 is 23.5 Å². The van der Waals surface area contributed by atoms with Crippen LogP contribution in [0.4, 0.5) is 11.6 Å². The molecule has 7 heteroatoms. The Morgan fingerprint density at radius 3 is 2.82 bits per heavy atom. The lowest BCUT2D eigenvalue weighted by Gasteiger charge is -2.22. The summed E-state index contributed by atoms with van der Waals surface area (Å²) < 4.78 is 1.47. The van der Waals surface area contributed by atoms with E-state index in [1.165, 1.54) is 4.68 Å². The Labute approximate surface area is 127 Å². The molecular weight excluding hydrogens is 282 g/mol. The zero-order valence-electron chi connectivity index (χ0n) is 12.7. The number of benzene rings is 1. The third-order valence-electron chi connectivity index (χ3n) is 3.74. The summed E-state index contributed by atoms with van der Waals surface area (Å²) in [5.41, 5.74) is 2.96. The van der Waals surface area contributed by atoms with Gasteiger partial charge < -0.3 is 5.32 Å². The van der Waals surface area contributed by atoms with Crippen LogP contribution in [0.1, 0.15) is 29.4 Å². The van der Waals surface area contributed by atoms with Crippen molar-refractivity contribution in [1.82, 2.24) is 14.8 Å². The standard InChI is InChI=1S/C15H17N5O2/c1-8-4-5-11(6-9(8)2)17-14(22)12-7-13(21)18-15-16-10(3)19-20(12)15/h4-6,12H,7H2,1-3H3,(H,17,22)(H,16,18,19,21)/t12-/m0/s1. The van der Waals surface area contributed by atoms with Crippen molar-refractivity contribution < 1.29 is 9.59 Å². The molecule has 0 saturated carbocycles. The van der Waals surface area contributed by atoms with E-state index in [0.717, 1.165) is 11.1 Å². The summed E-state index contributed by atoms with van der Waals surface area (Å²) in [6, 6.07) is 5.01. The quantitative estimate of drug-likeness (QED) is 0.883. The topological polar surface area (TPSA) is 88.9 Å². The van der Waals surface area contributed by atoms with Crippen LogP contribution in [0, 0.1) is 20.8 Å². The van der Waals surface area contributed by atoms with Gasteiger partial charge in [0.2, 0.25) is 17.8 Å². The Bertz CT molecular complexity index is 765. The number of amides is 2. The number of nitrogens with one attached hydrogen (secondary N) is 2. The van der Waals surface area contributed by atoms with Crippen molar-refractivity contribution in [3.63, 3.8) is 0 Å². The van der Waals surface area contributed by atoms with E-state index in [9.17, 15) is 9.59 Å². The van der Waals surface area contributed by atoms with Crippen molar-refractivity contribution in [3.8, 4) is 0 Å². The maximum absolute atomic E-state index is 12.5. The predicted molar refractivity (Wildman–Crippen MR) is 81.6 cm³/mol. The monoisotopic (exact) mass is 299 g/mol. The molecule has 2 amide bonds. The predicted octanol–water partition coefficient (Wildman–Crippen LogP) is 1.73. The van der Waals surface area contributed by atoms with Gasteiger partial charge in [-0.25, -0.2) is 4.68 Å². The first kappa shape index (κ1) is 14.2. The zero-order valence-corrected chi connectivity index (χ0v) is 12.7. The summed E-state index contributed by atoms with van der Waals surface area (Å²) in [5.74, 6) is 0.319. The normalized spacial score (nSPS) is 16.9. The highest BCUT2D eigenvalue weighted by atomic mass is 16.2. The van der Waals surface area contributed by atoms with Crippen molar-refractivity contribution in [3.05, 3.63) is 35.2 Å². The molecule has 0 aliphatic carbocycles. The molecule has 0 unspecified atom stereocenters. The summed E-state index contributed by atoms with van der Waals surface area (Å²) in [6.07, 6.45) is 0.0481. The Morgan fingerprint density at radius 2 is 2.09 bits per heavy atom. The van der Waals surface area contributed by atoms with Gasteiger partial charge in [-0.05, 0) is 44.0 Å². The second-order valence-corrected chi connectivity index (χ2v) is 5.48. The van der Waals surface area contributed by atoms with E-state index >= 15 is 0 Å². The molecule has 0 bridgehead atoms. The van der Waals surface area contributed by atoms with Gasteiger partial charge in [-0.15, -0.1) is 0 Å². The maximum atomic E-state index is 12.5. The highest BCUT2D eigenvalue weighted by Gasteiger charge is 2.32. The Kier molecular flexibility index (Phi) is 3.40. The summed E-state index contributed by atoms with van der Waals surface area (Å²) in [6.45, 7) is 5.71. The average molecular weight is 299 g/mol. The van der Waals surface area contributed by atoms with E-state index in [1.54, 1.807) is 6.92 Å². The zero-order chi connectivity index (χ0) is 15.9. The number of hydrogen-bond acceptors (Lipinski definition) is 4. The smallest absolute Gasteiger partial charge is 0.249 e. The molecule has 2 heterocycles. The van der Waals surface area contributed by atoms with Crippen LogP contribution in [0.5, 0.6) is 0 Å². The fourth-order valence-corrected chi connectivity index (χ4v) is 2.42. The molecule has 2 aromatic rings. The SMILES string of the molecule is Cc1nc2n(n1)[C@H](C(=O)Nc1ccc(C)c(C)c1)CC(=O)N2. The van der Waals surface area contributed by atoms with Gasteiger partial charge in [0.25, 0.3) is 0 Å². The molecule has 0 radical (unpaired) electrons. The van der Waals surface area contributed by atoms with Crippen LogP contribution in [-0.2, 0) is 9.59 Å². The van der Waals surface area contributed by atoms with Crippen LogP contribution in [0.15, 0.2) is 18.2 Å². The fourth-order valence-electron chi connectivity index (χ4n) is 2.42. The van der Waals surface area contributed by atoms with Crippen LogP contribution >= 0.6 is 0 Å². The summed E-state index contributed by atoms with van der Waals surface area (Å²) in [7, 11) is 0. The lowest BCUT2D eigenvalue weighted by atomic mass is 10.1. The number of aromatic nitrogens is 3. The molecular formula is C15H17N5O2. The second-order valence-electron chi connectivity index (χ2n) is 5.48. The van der Waals surface area contributed by atoms with Crippen molar-refractivity contribution in [2.75, 3.05) is 10.6 Å². The third-order valence-corrected chi connectivity index (χ3v) is 3.74. The van der Waals surface area contributed by atoms with Gasteiger partial charge >= 0.3 is 0 Å². The minimum absolute atomic E-state index is 0.0481. The fraction of sp³-hybridized carbons (Fsp3) is 0.333. The van der Waals surface area contributed by atoms with Crippen LogP contribution < -0.4 is 10.6 Å². The average Bonchev–Trinajstić information content (AvgIpc) is 2.82. The molecule has 1 aliphatic heterocycles. The summed E-state index contributed by atoms with van der Waals surface area (Å²) in [4.78, 5) is 28.3. The van der Waals surface area contributed by atoms with E-state index in [-0.39, 0.29) is 18.2 Å². The molecule has 7 nitrogen and oxygen atoms in total. The minimum Gasteiger partial charge on any atom is -0.324 e. The Balaban J connectivity index is 1.85. The van der Waals surface area contributed by atoms with Crippen LogP contribution in [0.3, 0.4) is 0 Å². The lowest BCUT2D eigenvalue weighted by Crippen LogP contribution is -2.36. The van der Waals surface area contributed by atoms with Crippen LogP contribution in [0.25, 0.3) is 0 Å². The van der Waals surface area contributed by atoms with E-state index in [4.69, 9.17) is 0 Å². The molecule has 0 fully saturated rings. The van der Waals surface area contributed by atoms with E-state index in [2.05, 4.69) is 20.7 Å². The first-order chi connectivity index (χ1) is 10.4. The molecule has 0 saturated heterocycles. The van der Waals surface area contributed by atoms with Gasteiger partial charge in [-0.3, -0.25) is 14.9 Å². The van der Waals surface area contributed by atoms with E-state index in [1.807, 2.05) is 32.0 Å². The Hall–Kier alpha value is -2.70. The van der Waals surface area contributed by atoms with E-state index < -0.39 is 6.04 Å². The van der Waals surface area contributed by atoms with Gasteiger partial charge in [0.15, 0.2) is 0 Å². The first-order valence-corrected chi connectivity index (χ1v) is 7.05. The maximum Gasteiger partial charge on any atom is 0.249 e. The van der Waals surface area contributed by atoms with Crippen molar-refractivity contribution in [2.45, 2.75) is 33.2 Å². The molecule has 2 N–H and O–H groups in total. The number of carbonyl (C=O) groups excluding carboxylic acids is 2. The number of aryl methyl sites for hydroxylation is 3. The molecule has 114 valence electrons. The molecule has 0 spiro atoms. The van der Waals surface area contributed by atoms with Crippen molar-refractivity contribution in [1.29, 1.82) is 0 Å². The number of hydrogen-bond donors (Lipinski definition) is 2. The van der Waals surface area contributed by atoms with Gasteiger partial charge in [0, 0.05) is 5.69 Å². The number of nitrogens with zero attached hydrogens (tertiary/aromatic N) is 3. The summed E-state index contributed by atoms with van der Waals surface area (Å²) in [5, 5.41) is 9.65. The number of rotatable bonds is 2.